The van der Waals surface area contributed by atoms with E-state index in [9.17, 15) is 0 Å². The summed E-state index contributed by atoms with van der Waals surface area (Å²) < 4.78 is 0. The van der Waals surface area contributed by atoms with Gasteiger partial charge in [0.2, 0.25) is 0 Å². The van der Waals surface area contributed by atoms with Gasteiger partial charge >= 0.3 is 0 Å². The van der Waals surface area contributed by atoms with E-state index in [-0.39, 0.29) is 0 Å². The number of hydrogen-bond acceptors (Lipinski definition) is 3. The Balaban J connectivity index is 1.43. The van der Waals surface area contributed by atoms with Crippen LogP contribution in [0.25, 0.3) is 10.4 Å². The Hall–Kier alpha value is -1.16. The van der Waals surface area contributed by atoms with Gasteiger partial charge in [0.25, 0.3) is 0 Å². The third-order valence-electron chi connectivity index (χ3n) is 3.89. The smallest absolute Gasteiger partial charge is 0.0342 e. The minimum Gasteiger partial charge on any atom is -0.311 e. The summed E-state index contributed by atoms with van der Waals surface area (Å²) in [6, 6.07) is 13.2. The SMILES string of the molecule is c1csc(-c2ccc(CNCCN3CCCC3)cc2)c1. The van der Waals surface area contributed by atoms with Gasteiger partial charge in [-0.05, 0) is 48.5 Å². The van der Waals surface area contributed by atoms with E-state index < -0.39 is 0 Å². The monoisotopic (exact) mass is 286 g/mol. The number of nitrogens with one attached hydrogen (secondary N) is 1. The number of rotatable bonds is 6. The topological polar surface area (TPSA) is 15.3 Å². The molecule has 106 valence electrons. The zero-order valence-electron chi connectivity index (χ0n) is 11.8. The minimum atomic E-state index is 0.971. The third kappa shape index (κ3) is 3.69. The van der Waals surface area contributed by atoms with Crippen LogP contribution in [0, 0.1) is 0 Å². The Morgan fingerprint density at radius 1 is 1.05 bits per heavy atom. The average molecular weight is 286 g/mol. The van der Waals surface area contributed by atoms with Gasteiger partial charge in [-0.2, -0.15) is 0 Å². The summed E-state index contributed by atoms with van der Waals surface area (Å²) in [6.07, 6.45) is 2.76. The fraction of sp³-hybridized carbons (Fsp3) is 0.412. The highest BCUT2D eigenvalue weighted by Gasteiger charge is 2.09. The van der Waals surface area contributed by atoms with E-state index in [1.54, 1.807) is 11.3 Å². The first-order valence-corrected chi connectivity index (χ1v) is 8.36. The van der Waals surface area contributed by atoms with Gasteiger partial charge in [-0.1, -0.05) is 30.3 Å². The van der Waals surface area contributed by atoms with E-state index in [2.05, 4.69) is 52.0 Å². The van der Waals surface area contributed by atoms with Crippen molar-refractivity contribution in [1.29, 1.82) is 0 Å². The maximum Gasteiger partial charge on any atom is 0.0342 e. The quantitative estimate of drug-likeness (QED) is 0.816. The van der Waals surface area contributed by atoms with Crippen LogP contribution in [0.3, 0.4) is 0 Å². The minimum absolute atomic E-state index is 0.971. The molecular formula is C17H22N2S. The normalized spacial score (nSPS) is 15.8. The van der Waals surface area contributed by atoms with Crippen molar-refractivity contribution in [3.63, 3.8) is 0 Å². The molecule has 2 nitrogen and oxygen atoms in total. The van der Waals surface area contributed by atoms with Crippen LogP contribution in [0.1, 0.15) is 18.4 Å². The highest BCUT2D eigenvalue weighted by atomic mass is 32.1. The molecule has 3 heteroatoms. The lowest BCUT2D eigenvalue weighted by Crippen LogP contribution is -2.29. The van der Waals surface area contributed by atoms with E-state index in [0.29, 0.717) is 0 Å². The maximum absolute atomic E-state index is 3.54. The van der Waals surface area contributed by atoms with Gasteiger partial charge in [0.1, 0.15) is 0 Å². The molecule has 0 unspecified atom stereocenters. The van der Waals surface area contributed by atoms with Crippen molar-refractivity contribution >= 4 is 11.3 Å². The molecule has 20 heavy (non-hydrogen) atoms. The summed E-state index contributed by atoms with van der Waals surface area (Å²) in [5, 5.41) is 5.67. The van der Waals surface area contributed by atoms with Crippen LogP contribution in [0.5, 0.6) is 0 Å². The van der Waals surface area contributed by atoms with Gasteiger partial charge in [-0.25, -0.2) is 0 Å². The molecule has 0 atom stereocenters. The van der Waals surface area contributed by atoms with Gasteiger partial charge < -0.3 is 10.2 Å². The van der Waals surface area contributed by atoms with E-state index in [0.717, 1.165) is 13.1 Å². The molecule has 1 aliphatic rings. The molecule has 1 N–H and O–H groups in total. The molecule has 0 saturated carbocycles. The number of thiophene rings is 1. The van der Waals surface area contributed by atoms with Crippen LogP contribution in [0.4, 0.5) is 0 Å². The Kier molecular flexibility index (Phi) is 4.85. The Morgan fingerprint density at radius 3 is 2.55 bits per heavy atom. The molecule has 1 fully saturated rings. The molecule has 0 aliphatic carbocycles. The molecule has 0 radical (unpaired) electrons. The van der Waals surface area contributed by atoms with E-state index in [1.807, 2.05) is 0 Å². The number of hydrogen-bond donors (Lipinski definition) is 1. The van der Waals surface area contributed by atoms with Gasteiger partial charge in [-0.15, -0.1) is 11.3 Å². The largest absolute Gasteiger partial charge is 0.311 e. The first kappa shape index (κ1) is 13.8. The molecule has 1 aliphatic heterocycles. The molecule has 1 aromatic carbocycles. The maximum atomic E-state index is 3.54. The Labute approximate surface area is 125 Å². The van der Waals surface area contributed by atoms with Crippen LogP contribution in [0.15, 0.2) is 41.8 Å². The average Bonchev–Trinajstić information content (AvgIpc) is 3.17. The molecule has 1 saturated heterocycles. The first-order chi connectivity index (χ1) is 9.92. The highest BCUT2D eigenvalue weighted by Crippen LogP contribution is 2.24. The zero-order valence-corrected chi connectivity index (χ0v) is 12.7. The second kappa shape index (κ2) is 7.02. The van der Waals surface area contributed by atoms with E-state index >= 15 is 0 Å². The Bertz CT molecular complexity index is 498. The second-order valence-corrected chi connectivity index (χ2v) is 6.35. The molecule has 0 spiro atoms. The highest BCUT2D eigenvalue weighted by molar-refractivity contribution is 7.13. The van der Waals surface area contributed by atoms with Crippen LogP contribution in [0.2, 0.25) is 0 Å². The van der Waals surface area contributed by atoms with Crippen molar-refractivity contribution in [2.24, 2.45) is 0 Å². The van der Waals surface area contributed by atoms with Crippen molar-refractivity contribution in [2.45, 2.75) is 19.4 Å². The fourth-order valence-electron chi connectivity index (χ4n) is 2.71. The van der Waals surface area contributed by atoms with Crippen molar-refractivity contribution in [3.8, 4) is 10.4 Å². The standard InChI is InChI=1S/C17H22N2S/c1-2-11-19(10-1)12-9-18-14-15-5-7-16(8-6-15)17-4-3-13-20-17/h3-8,13,18H,1-2,9-12,14H2. The third-order valence-corrected chi connectivity index (χ3v) is 4.81. The lowest BCUT2D eigenvalue weighted by molar-refractivity contribution is 0.335. The van der Waals surface area contributed by atoms with E-state index in [4.69, 9.17) is 0 Å². The van der Waals surface area contributed by atoms with Crippen LogP contribution < -0.4 is 5.32 Å². The van der Waals surface area contributed by atoms with Gasteiger partial charge in [0.15, 0.2) is 0 Å². The molecular weight excluding hydrogens is 264 g/mol. The fourth-order valence-corrected chi connectivity index (χ4v) is 3.44. The van der Waals surface area contributed by atoms with Crippen molar-refractivity contribution in [2.75, 3.05) is 26.2 Å². The van der Waals surface area contributed by atoms with Gasteiger partial charge in [0.05, 0.1) is 0 Å². The predicted molar refractivity (Wildman–Crippen MR) is 87.1 cm³/mol. The number of nitrogens with zero attached hydrogens (tertiary/aromatic N) is 1. The number of benzene rings is 1. The summed E-state index contributed by atoms with van der Waals surface area (Å²) in [5.41, 5.74) is 2.69. The molecule has 3 rings (SSSR count). The van der Waals surface area contributed by atoms with Crippen LogP contribution in [-0.4, -0.2) is 31.1 Å². The van der Waals surface area contributed by atoms with Crippen molar-refractivity contribution < 1.29 is 0 Å². The number of likely N-dealkylation sites (tertiary alicyclic amines) is 1. The molecule has 2 heterocycles. The summed E-state index contributed by atoms with van der Waals surface area (Å²) in [4.78, 5) is 3.89. The summed E-state index contributed by atoms with van der Waals surface area (Å²) in [7, 11) is 0. The van der Waals surface area contributed by atoms with Crippen LogP contribution >= 0.6 is 11.3 Å². The molecule has 0 amide bonds. The summed E-state index contributed by atoms with van der Waals surface area (Å²) in [6.45, 7) is 5.83. The van der Waals surface area contributed by atoms with Crippen LogP contribution in [-0.2, 0) is 6.54 Å². The van der Waals surface area contributed by atoms with Crippen molar-refractivity contribution in [3.05, 3.63) is 47.3 Å². The van der Waals surface area contributed by atoms with Gasteiger partial charge in [0, 0.05) is 24.5 Å². The predicted octanol–water partition coefficient (Wildman–Crippen LogP) is 3.60. The summed E-state index contributed by atoms with van der Waals surface area (Å²) >= 11 is 1.80. The first-order valence-electron chi connectivity index (χ1n) is 7.48. The summed E-state index contributed by atoms with van der Waals surface area (Å²) in [5.74, 6) is 0. The molecule has 2 aromatic rings. The van der Waals surface area contributed by atoms with Crippen molar-refractivity contribution in [1.82, 2.24) is 10.2 Å². The molecule has 0 bridgehead atoms. The lowest BCUT2D eigenvalue weighted by Gasteiger charge is -2.14. The molecule has 1 aromatic heterocycles. The van der Waals surface area contributed by atoms with Gasteiger partial charge in [-0.3, -0.25) is 0 Å². The Morgan fingerprint density at radius 2 is 1.85 bits per heavy atom. The second-order valence-electron chi connectivity index (χ2n) is 5.40. The van der Waals surface area contributed by atoms with E-state index in [1.165, 1.54) is 48.5 Å². The zero-order chi connectivity index (χ0) is 13.6. The lowest BCUT2D eigenvalue weighted by atomic mass is 10.1.